The molecule has 3 rings (SSSR count). The molecule has 0 radical (unpaired) electrons. The fourth-order valence-corrected chi connectivity index (χ4v) is 2.55. The fraction of sp³-hybridized carbons (Fsp3) is 0.0588. The number of para-hydroxylation sites is 1. The number of anilines is 4. The minimum atomic E-state index is 0.481. The molecule has 0 bridgehead atoms. The van der Waals surface area contributed by atoms with Gasteiger partial charge in [-0.3, -0.25) is 0 Å². The monoisotopic (exact) mass is 388 g/mol. The Balaban J connectivity index is 1.79. The van der Waals surface area contributed by atoms with Gasteiger partial charge in [0.2, 0.25) is 5.95 Å². The van der Waals surface area contributed by atoms with Crippen molar-refractivity contribution in [3.05, 3.63) is 69.8 Å². The predicted octanol–water partition coefficient (Wildman–Crippen LogP) is 5.69. The van der Waals surface area contributed by atoms with Crippen LogP contribution in [0.5, 0.6) is 0 Å². The highest BCUT2D eigenvalue weighted by molar-refractivity contribution is 9.10. The molecule has 0 unspecified atom stereocenters. The van der Waals surface area contributed by atoms with Gasteiger partial charge >= 0.3 is 0 Å². The van der Waals surface area contributed by atoms with Crippen molar-refractivity contribution >= 4 is 50.7 Å². The second-order valence-electron chi connectivity index (χ2n) is 4.96. The summed E-state index contributed by atoms with van der Waals surface area (Å²) in [6.45, 7) is 2.05. The van der Waals surface area contributed by atoms with E-state index in [-0.39, 0.29) is 0 Å². The predicted molar refractivity (Wildman–Crippen MR) is 98.9 cm³/mol. The summed E-state index contributed by atoms with van der Waals surface area (Å²) in [6, 6.07) is 15.3. The normalized spacial score (nSPS) is 10.4. The lowest BCUT2D eigenvalue weighted by Crippen LogP contribution is -2.00. The molecule has 2 N–H and O–H groups in total. The maximum absolute atomic E-state index is 6.14. The smallest absolute Gasteiger partial charge is 0.229 e. The van der Waals surface area contributed by atoms with Crippen molar-refractivity contribution < 1.29 is 0 Å². The van der Waals surface area contributed by atoms with Crippen molar-refractivity contribution in [2.75, 3.05) is 10.6 Å². The molecule has 0 aliphatic rings. The van der Waals surface area contributed by atoms with Crippen molar-refractivity contribution in [1.82, 2.24) is 9.97 Å². The number of hydrogen-bond acceptors (Lipinski definition) is 4. The van der Waals surface area contributed by atoms with E-state index in [0.717, 1.165) is 15.8 Å². The Morgan fingerprint density at radius 1 is 1.04 bits per heavy atom. The number of aromatic nitrogens is 2. The first-order valence-corrected chi connectivity index (χ1v) is 8.17. The molecule has 0 saturated heterocycles. The number of benzene rings is 2. The Labute approximate surface area is 148 Å². The Morgan fingerprint density at radius 2 is 1.87 bits per heavy atom. The lowest BCUT2D eigenvalue weighted by Gasteiger charge is -2.10. The van der Waals surface area contributed by atoms with Gasteiger partial charge in [0.05, 0.1) is 10.7 Å². The molecule has 116 valence electrons. The summed E-state index contributed by atoms with van der Waals surface area (Å²) in [5, 5.41) is 7.00. The summed E-state index contributed by atoms with van der Waals surface area (Å²) < 4.78 is 1.05. The van der Waals surface area contributed by atoms with Gasteiger partial charge < -0.3 is 10.6 Å². The van der Waals surface area contributed by atoms with Crippen LogP contribution < -0.4 is 10.6 Å². The third-order valence-electron chi connectivity index (χ3n) is 3.22. The zero-order valence-corrected chi connectivity index (χ0v) is 14.7. The molecule has 0 spiro atoms. The van der Waals surface area contributed by atoms with Gasteiger partial charge in [-0.15, -0.1) is 0 Å². The minimum absolute atomic E-state index is 0.481. The molecule has 1 heterocycles. The molecule has 0 aliphatic heterocycles. The summed E-state index contributed by atoms with van der Waals surface area (Å²) in [6.07, 6.45) is 1.69. The zero-order valence-electron chi connectivity index (χ0n) is 12.3. The van der Waals surface area contributed by atoms with Crippen molar-refractivity contribution in [2.45, 2.75) is 6.92 Å². The molecule has 2 aromatic carbocycles. The van der Waals surface area contributed by atoms with Gasteiger partial charge in [0.1, 0.15) is 5.82 Å². The number of nitrogens with one attached hydrogen (secondary N) is 2. The van der Waals surface area contributed by atoms with E-state index in [4.69, 9.17) is 11.6 Å². The third kappa shape index (κ3) is 4.00. The average molecular weight is 390 g/mol. The van der Waals surface area contributed by atoms with Crippen molar-refractivity contribution in [3.63, 3.8) is 0 Å². The molecule has 1 aromatic heterocycles. The Bertz CT molecular complexity index is 838. The van der Waals surface area contributed by atoms with E-state index in [1.807, 2.05) is 55.5 Å². The van der Waals surface area contributed by atoms with E-state index in [9.17, 15) is 0 Å². The molecule has 0 fully saturated rings. The average Bonchev–Trinajstić information content (AvgIpc) is 2.54. The largest absolute Gasteiger partial charge is 0.340 e. The van der Waals surface area contributed by atoms with Crippen LogP contribution >= 0.6 is 27.5 Å². The summed E-state index contributed by atoms with van der Waals surface area (Å²) >= 11 is 9.66. The van der Waals surface area contributed by atoms with Gasteiger partial charge in [-0.05, 0) is 42.8 Å². The maximum Gasteiger partial charge on any atom is 0.229 e. The number of hydrogen-bond donors (Lipinski definition) is 2. The second-order valence-corrected chi connectivity index (χ2v) is 6.22. The van der Waals surface area contributed by atoms with Crippen LogP contribution in [0.25, 0.3) is 0 Å². The first kappa shape index (κ1) is 15.8. The quantitative estimate of drug-likeness (QED) is 0.602. The Morgan fingerprint density at radius 3 is 2.65 bits per heavy atom. The van der Waals surface area contributed by atoms with Crippen molar-refractivity contribution in [2.24, 2.45) is 0 Å². The Kier molecular flexibility index (Phi) is 4.79. The van der Waals surface area contributed by atoms with Crippen LogP contribution in [0.3, 0.4) is 0 Å². The van der Waals surface area contributed by atoms with Crippen LogP contribution in [0.15, 0.2) is 59.2 Å². The van der Waals surface area contributed by atoms with Crippen molar-refractivity contribution in [1.29, 1.82) is 0 Å². The van der Waals surface area contributed by atoms with Gasteiger partial charge in [-0.2, -0.15) is 4.98 Å². The minimum Gasteiger partial charge on any atom is -0.340 e. The van der Waals surface area contributed by atoms with Gasteiger partial charge in [0.15, 0.2) is 0 Å². The molecule has 0 saturated carbocycles. The molecular weight excluding hydrogens is 376 g/mol. The van der Waals surface area contributed by atoms with Crippen LogP contribution in [0.1, 0.15) is 5.56 Å². The summed E-state index contributed by atoms with van der Waals surface area (Å²) in [7, 11) is 0. The molecular formula is C17H14BrClN4. The summed E-state index contributed by atoms with van der Waals surface area (Å²) in [4.78, 5) is 8.67. The molecule has 6 heteroatoms. The summed E-state index contributed by atoms with van der Waals surface area (Å²) in [5.74, 6) is 1.18. The van der Waals surface area contributed by atoms with Crippen LogP contribution in [0.2, 0.25) is 5.02 Å². The highest BCUT2D eigenvalue weighted by Crippen LogP contribution is 2.25. The van der Waals surface area contributed by atoms with E-state index in [1.54, 1.807) is 6.20 Å². The van der Waals surface area contributed by atoms with Gasteiger partial charge in [0, 0.05) is 16.4 Å². The molecule has 23 heavy (non-hydrogen) atoms. The standard InChI is InChI=1S/C17H14BrClN4/c1-11-6-7-12(10-13(11)18)21-16-8-9-20-17(23-16)22-15-5-3-2-4-14(15)19/h2-10H,1H3,(H2,20,21,22,23). The number of aryl methyl sites for hydroxylation is 1. The highest BCUT2D eigenvalue weighted by atomic mass is 79.9. The molecule has 3 aromatic rings. The Hall–Kier alpha value is -2.11. The topological polar surface area (TPSA) is 49.8 Å². The van der Waals surface area contributed by atoms with Gasteiger partial charge in [0.25, 0.3) is 0 Å². The SMILES string of the molecule is Cc1ccc(Nc2ccnc(Nc3ccccc3Cl)n2)cc1Br. The lowest BCUT2D eigenvalue weighted by atomic mass is 10.2. The van der Waals surface area contributed by atoms with Gasteiger partial charge in [-0.25, -0.2) is 4.98 Å². The molecule has 4 nitrogen and oxygen atoms in total. The molecule has 0 amide bonds. The number of rotatable bonds is 4. The molecule has 0 aliphatic carbocycles. The summed E-state index contributed by atoms with van der Waals surface area (Å²) in [5.41, 5.74) is 2.90. The van der Waals surface area contributed by atoms with E-state index in [2.05, 4.69) is 36.5 Å². The van der Waals surface area contributed by atoms with E-state index >= 15 is 0 Å². The first-order valence-electron chi connectivity index (χ1n) is 6.99. The van der Waals surface area contributed by atoms with Crippen LogP contribution in [-0.4, -0.2) is 9.97 Å². The number of nitrogens with zero attached hydrogens (tertiary/aromatic N) is 2. The van der Waals surface area contributed by atoms with Crippen LogP contribution in [-0.2, 0) is 0 Å². The lowest BCUT2D eigenvalue weighted by molar-refractivity contribution is 1.16. The van der Waals surface area contributed by atoms with E-state index in [1.165, 1.54) is 5.56 Å². The van der Waals surface area contributed by atoms with Crippen LogP contribution in [0.4, 0.5) is 23.1 Å². The maximum atomic E-state index is 6.14. The van der Waals surface area contributed by atoms with E-state index < -0.39 is 0 Å². The van der Waals surface area contributed by atoms with E-state index in [0.29, 0.717) is 16.8 Å². The molecule has 0 atom stereocenters. The highest BCUT2D eigenvalue weighted by Gasteiger charge is 2.04. The fourth-order valence-electron chi connectivity index (χ4n) is 1.99. The van der Waals surface area contributed by atoms with Crippen LogP contribution in [0, 0.1) is 6.92 Å². The third-order valence-corrected chi connectivity index (χ3v) is 4.40. The second kappa shape index (κ2) is 6.98. The first-order chi connectivity index (χ1) is 11.1. The zero-order chi connectivity index (χ0) is 16.2. The van der Waals surface area contributed by atoms with Crippen molar-refractivity contribution in [3.8, 4) is 0 Å². The number of halogens is 2. The van der Waals surface area contributed by atoms with Gasteiger partial charge in [-0.1, -0.05) is 45.7 Å².